The van der Waals surface area contributed by atoms with Crippen LogP contribution in [-0.2, 0) is 0 Å². The van der Waals surface area contributed by atoms with Crippen LogP contribution < -0.4 is 9.47 Å². The average Bonchev–Trinajstić information content (AvgIpc) is 3.23. The zero-order valence-electron chi connectivity index (χ0n) is 13.3. The summed E-state index contributed by atoms with van der Waals surface area (Å²) in [5.41, 5.74) is 2.44. The zero-order valence-corrected chi connectivity index (χ0v) is 13.3. The Kier molecular flexibility index (Phi) is 2.91. The smallest absolute Gasteiger partial charge is 0.144 e. The van der Waals surface area contributed by atoms with Crippen LogP contribution in [0.25, 0.3) is 0 Å². The molecule has 118 valence electrons. The van der Waals surface area contributed by atoms with Gasteiger partial charge in [-0.25, -0.2) is 0 Å². The van der Waals surface area contributed by atoms with Crippen molar-refractivity contribution in [3.8, 4) is 11.5 Å². The summed E-state index contributed by atoms with van der Waals surface area (Å²) in [7, 11) is 1.74. The lowest BCUT2D eigenvalue weighted by Crippen LogP contribution is -2.34. The number of nitrogens with zero attached hydrogens (tertiary/aromatic N) is 1. The number of methoxy groups -OCH3 is 1. The summed E-state index contributed by atoms with van der Waals surface area (Å²) in [6.07, 6.45) is 6.02. The van der Waals surface area contributed by atoms with Crippen molar-refractivity contribution in [1.29, 1.82) is 0 Å². The second-order valence-electron chi connectivity index (χ2n) is 7.13. The molecule has 0 unspecified atom stereocenters. The molecule has 2 aliphatic carbocycles. The third-order valence-electron chi connectivity index (χ3n) is 6.14. The fourth-order valence-corrected chi connectivity index (χ4v) is 5.27. The molecule has 3 heteroatoms. The number of hydrogen-bond donors (Lipinski definition) is 0. The van der Waals surface area contributed by atoms with Crippen molar-refractivity contribution in [2.75, 3.05) is 7.11 Å². The van der Waals surface area contributed by atoms with Crippen LogP contribution in [0.1, 0.15) is 42.5 Å². The molecule has 5 rings (SSSR count). The van der Waals surface area contributed by atoms with Crippen LogP contribution in [0.15, 0.2) is 42.6 Å². The highest BCUT2D eigenvalue weighted by atomic mass is 16.5. The maximum absolute atomic E-state index is 6.47. The summed E-state index contributed by atoms with van der Waals surface area (Å²) in [6, 6.07) is 12.4. The number of hydrogen-bond acceptors (Lipinski definition) is 3. The van der Waals surface area contributed by atoms with Gasteiger partial charge in [-0.3, -0.25) is 4.98 Å². The summed E-state index contributed by atoms with van der Waals surface area (Å²) in [4.78, 5) is 4.60. The molecule has 0 N–H and O–H groups in total. The summed E-state index contributed by atoms with van der Waals surface area (Å²) < 4.78 is 11.9. The molecular weight excluding hydrogens is 286 g/mol. The predicted octanol–water partition coefficient (Wildman–Crippen LogP) is 4.35. The number of fused-ring (bicyclic) bond motifs is 7. The Morgan fingerprint density at radius 3 is 2.87 bits per heavy atom. The Balaban J connectivity index is 1.64. The third kappa shape index (κ3) is 1.92. The molecule has 0 radical (unpaired) electrons. The van der Waals surface area contributed by atoms with Gasteiger partial charge in [0.15, 0.2) is 0 Å². The predicted molar refractivity (Wildman–Crippen MR) is 87.7 cm³/mol. The molecule has 2 saturated carbocycles. The van der Waals surface area contributed by atoms with Crippen LogP contribution in [-0.4, -0.2) is 12.1 Å². The van der Waals surface area contributed by atoms with Crippen molar-refractivity contribution in [2.24, 2.45) is 17.8 Å². The van der Waals surface area contributed by atoms with Crippen molar-refractivity contribution in [1.82, 2.24) is 4.98 Å². The first-order valence-corrected chi connectivity index (χ1v) is 8.60. The number of pyridine rings is 1. The van der Waals surface area contributed by atoms with Gasteiger partial charge in [0.25, 0.3) is 0 Å². The van der Waals surface area contributed by atoms with Crippen molar-refractivity contribution >= 4 is 0 Å². The van der Waals surface area contributed by atoms with Crippen molar-refractivity contribution in [3.63, 3.8) is 0 Å². The van der Waals surface area contributed by atoms with E-state index in [0.29, 0.717) is 11.8 Å². The van der Waals surface area contributed by atoms with E-state index in [4.69, 9.17) is 9.47 Å². The van der Waals surface area contributed by atoms with E-state index in [1.54, 1.807) is 7.11 Å². The van der Waals surface area contributed by atoms with E-state index < -0.39 is 0 Å². The fraction of sp³-hybridized carbons (Fsp3) is 0.450. The number of aromatic nitrogens is 1. The van der Waals surface area contributed by atoms with Gasteiger partial charge in [-0.1, -0.05) is 6.07 Å². The van der Waals surface area contributed by atoms with Crippen LogP contribution in [0.4, 0.5) is 0 Å². The standard InChI is InChI=1S/C20H21NO2/c1-22-14-7-8-17-15(11-14)18-12-5-6-13(10-12)19(18)20(23-17)16-4-2-3-9-21-16/h2-4,7-9,11-13,18-20H,5-6,10H2,1H3/t12-,13+,18-,19-,20-/m1/s1. The Labute approximate surface area is 136 Å². The molecule has 1 aromatic heterocycles. The van der Waals surface area contributed by atoms with Gasteiger partial charge >= 0.3 is 0 Å². The highest BCUT2D eigenvalue weighted by Gasteiger charge is 2.55. The summed E-state index contributed by atoms with van der Waals surface area (Å²) in [5.74, 6) is 4.69. The molecule has 2 aromatic rings. The Bertz CT molecular complexity index is 730. The van der Waals surface area contributed by atoms with Crippen LogP contribution in [0.2, 0.25) is 0 Å². The summed E-state index contributed by atoms with van der Waals surface area (Å²) in [6.45, 7) is 0. The highest BCUT2D eigenvalue weighted by molar-refractivity contribution is 5.46. The zero-order chi connectivity index (χ0) is 15.4. The van der Waals surface area contributed by atoms with Gasteiger partial charge in [0.2, 0.25) is 0 Å². The quantitative estimate of drug-likeness (QED) is 0.826. The number of benzene rings is 1. The van der Waals surface area contributed by atoms with Crippen molar-refractivity contribution < 1.29 is 9.47 Å². The first-order valence-electron chi connectivity index (χ1n) is 8.60. The topological polar surface area (TPSA) is 31.4 Å². The molecule has 0 spiro atoms. The van der Waals surface area contributed by atoms with E-state index in [-0.39, 0.29) is 6.10 Å². The molecule has 2 fully saturated rings. The van der Waals surface area contributed by atoms with Gasteiger partial charge in [-0.2, -0.15) is 0 Å². The van der Waals surface area contributed by atoms with Gasteiger partial charge in [0.1, 0.15) is 17.6 Å². The largest absolute Gasteiger partial charge is 0.497 e. The van der Waals surface area contributed by atoms with Crippen LogP contribution >= 0.6 is 0 Å². The van der Waals surface area contributed by atoms with Gasteiger partial charge in [-0.15, -0.1) is 0 Å². The Morgan fingerprint density at radius 1 is 1.13 bits per heavy atom. The SMILES string of the molecule is COc1ccc2c(c1)[C@H]1[C@@H]3CC[C@@H](C3)[C@H]1[C@@H](c1ccccn1)O2. The molecule has 3 aliphatic rings. The van der Waals surface area contributed by atoms with Crippen LogP contribution in [0.5, 0.6) is 11.5 Å². The third-order valence-corrected chi connectivity index (χ3v) is 6.14. The molecule has 2 bridgehead atoms. The maximum Gasteiger partial charge on any atom is 0.144 e. The molecule has 2 heterocycles. The van der Waals surface area contributed by atoms with E-state index >= 15 is 0 Å². The minimum absolute atomic E-state index is 0.0948. The van der Waals surface area contributed by atoms with Crippen LogP contribution in [0, 0.1) is 17.8 Å². The first-order chi connectivity index (χ1) is 11.3. The minimum Gasteiger partial charge on any atom is -0.497 e. The van der Waals surface area contributed by atoms with Gasteiger partial charge < -0.3 is 9.47 Å². The molecular formula is C20H21NO2. The van der Waals surface area contributed by atoms with Gasteiger partial charge in [0, 0.05) is 17.7 Å². The number of ether oxygens (including phenoxy) is 2. The average molecular weight is 307 g/mol. The summed E-state index contributed by atoms with van der Waals surface area (Å²) in [5, 5.41) is 0. The molecule has 3 nitrogen and oxygen atoms in total. The Hall–Kier alpha value is -2.03. The molecule has 0 saturated heterocycles. The second kappa shape index (κ2) is 4.98. The number of rotatable bonds is 2. The molecule has 1 aliphatic heterocycles. The van der Waals surface area contributed by atoms with E-state index in [1.807, 2.05) is 18.3 Å². The monoisotopic (exact) mass is 307 g/mol. The van der Waals surface area contributed by atoms with E-state index in [0.717, 1.165) is 29.0 Å². The first kappa shape index (κ1) is 13.4. The van der Waals surface area contributed by atoms with Gasteiger partial charge in [-0.05, 0) is 67.3 Å². The minimum atomic E-state index is 0.0948. The maximum atomic E-state index is 6.47. The lowest BCUT2D eigenvalue weighted by molar-refractivity contribution is 0.0562. The van der Waals surface area contributed by atoms with Crippen molar-refractivity contribution in [2.45, 2.75) is 31.3 Å². The van der Waals surface area contributed by atoms with Gasteiger partial charge in [0.05, 0.1) is 12.8 Å². The molecule has 0 amide bonds. The second-order valence-corrected chi connectivity index (χ2v) is 7.13. The Morgan fingerprint density at radius 2 is 2.04 bits per heavy atom. The van der Waals surface area contributed by atoms with E-state index in [2.05, 4.69) is 29.2 Å². The molecule has 23 heavy (non-hydrogen) atoms. The fourth-order valence-electron chi connectivity index (χ4n) is 5.27. The highest BCUT2D eigenvalue weighted by Crippen LogP contribution is 2.64. The normalized spacial score (nSPS) is 33.7. The van der Waals surface area contributed by atoms with Crippen LogP contribution in [0.3, 0.4) is 0 Å². The molecule has 1 aromatic carbocycles. The van der Waals surface area contributed by atoms with E-state index in [1.165, 1.54) is 24.8 Å². The lowest BCUT2D eigenvalue weighted by atomic mass is 9.70. The van der Waals surface area contributed by atoms with E-state index in [9.17, 15) is 0 Å². The molecule has 5 atom stereocenters. The lowest BCUT2D eigenvalue weighted by Gasteiger charge is -2.42. The summed E-state index contributed by atoms with van der Waals surface area (Å²) >= 11 is 0. The van der Waals surface area contributed by atoms with Crippen molar-refractivity contribution in [3.05, 3.63) is 53.9 Å².